The minimum absolute atomic E-state index is 0.174. The largest absolute Gasteiger partial charge is 0.316 e. The molecule has 2 N–H and O–H groups in total. The van der Waals surface area contributed by atoms with Crippen molar-refractivity contribution < 1.29 is 4.39 Å². The van der Waals surface area contributed by atoms with Crippen molar-refractivity contribution in [2.24, 2.45) is 0 Å². The number of hydrogen-bond donors (Lipinski definition) is 2. The van der Waals surface area contributed by atoms with Crippen LogP contribution in [0.3, 0.4) is 0 Å². The van der Waals surface area contributed by atoms with Crippen LogP contribution >= 0.6 is 11.8 Å². The Morgan fingerprint density at radius 2 is 2.04 bits per heavy atom. The molecule has 2 aromatic rings. The van der Waals surface area contributed by atoms with Gasteiger partial charge in [0.1, 0.15) is 5.82 Å². The van der Waals surface area contributed by atoms with Gasteiger partial charge in [0.05, 0.1) is 10.6 Å². The van der Waals surface area contributed by atoms with Crippen LogP contribution in [-0.2, 0) is 18.6 Å². The molecule has 0 atom stereocenters. The highest BCUT2D eigenvalue weighted by atomic mass is 32.2. The summed E-state index contributed by atoms with van der Waals surface area (Å²) < 4.78 is 14.1. The highest BCUT2D eigenvalue weighted by Crippen LogP contribution is 2.32. The van der Waals surface area contributed by atoms with E-state index in [1.54, 1.807) is 19.1 Å². The molecule has 120 valence electrons. The third-order valence-electron chi connectivity index (χ3n) is 4.33. The molecule has 0 unspecified atom stereocenters. The smallest absolute Gasteiger partial charge is 0.257 e. The van der Waals surface area contributed by atoms with Crippen LogP contribution in [0.4, 0.5) is 4.39 Å². The van der Waals surface area contributed by atoms with Gasteiger partial charge in [-0.3, -0.25) is 4.79 Å². The zero-order valence-electron chi connectivity index (χ0n) is 13.0. The fourth-order valence-electron chi connectivity index (χ4n) is 3.08. The van der Waals surface area contributed by atoms with Crippen molar-refractivity contribution >= 4 is 18.0 Å². The minimum Gasteiger partial charge on any atom is -0.316 e. The summed E-state index contributed by atoms with van der Waals surface area (Å²) in [6, 6.07) is 5.39. The van der Waals surface area contributed by atoms with Crippen molar-refractivity contribution in [3.63, 3.8) is 0 Å². The molecule has 1 aromatic carbocycles. The number of aryl methyl sites for hydroxylation is 1. The average Bonchev–Trinajstić information content (AvgIpc) is 2.56. The maximum absolute atomic E-state index is 14.1. The number of rotatable bonds is 4. The predicted octanol–water partition coefficient (Wildman–Crippen LogP) is 3.99. The number of fused-ring (bicyclic) bond motifs is 1. The van der Waals surface area contributed by atoms with Crippen LogP contribution in [-0.4, -0.2) is 11.2 Å². The first-order valence-corrected chi connectivity index (χ1v) is 8.75. The Balaban J connectivity index is 1.94. The van der Waals surface area contributed by atoms with E-state index in [1.165, 1.54) is 11.8 Å². The molecule has 0 fully saturated rings. The number of pyridine rings is 1. The average molecular weight is 330 g/mol. The van der Waals surface area contributed by atoms with Gasteiger partial charge in [-0.1, -0.05) is 18.2 Å². The lowest BCUT2D eigenvalue weighted by Gasteiger charge is -2.20. The Morgan fingerprint density at radius 3 is 2.78 bits per heavy atom. The number of halogens is 1. The van der Waals surface area contributed by atoms with Crippen LogP contribution in [0, 0.1) is 18.2 Å². The summed E-state index contributed by atoms with van der Waals surface area (Å²) in [6.07, 6.45) is 5.04. The summed E-state index contributed by atoms with van der Waals surface area (Å²) in [6.45, 7) is 1.76. The fraction of sp³-hybridized carbons (Fsp3) is 0.333. The molecular weight excluding hydrogens is 311 g/mol. The molecular formula is C18H19FN2OS. The summed E-state index contributed by atoms with van der Waals surface area (Å²) in [7, 11) is 0. The summed E-state index contributed by atoms with van der Waals surface area (Å²) in [5, 5.41) is 8.31. The van der Waals surface area contributed by atoms with Crippen molar-refractivity contribution in [3.8, 4) is 0 Å². The molecule has 0 radical (unpaired) electrons. The van der Waals surface area contributed by atoms with E-state index in [0.717, 1.165) is 48.1 Å². The van der Waals surface area contributed by atoms with E-state index >= 15 is 0 Å². The van der Waals surface area contributed by atoms with Crippen molar-refractivity contribution in [2.75, 3.05) is 0 Å². The molecule has 0 saturated carbocycles. The van der Waals surface area contributed by atoms with Crippen LogP contribution in [0.15, 0.2) is 28.0 Å². The molecule has 0 saturated heterocycles. The standard InChI is InChI=1S/C18H19FN2OS/c1-11-5-4-6-12(16(11)19)10-23-18-14-8-3-2-7-13(14)15(9-20)17(22)21-18/h4-6,9,20H,2-3,7-8,10H2,1H3,(H,21,22). The number of H-pyrrole nitrogens is 1. The van der Waals surface area contributed by atoms with Gasteiger partial charge in [-0.25, -0.2) is 4.39 Å². The number of thioether (sulfide) groups is 1. The SMILES string of the molecule is Cc1cccc(CSc2[nH]c(=O)c(C=N)c3c2CCCC3)c1F. The van der Waals surface area contributed by atoms with E-state index in [1.807, 2.05) is 6.07 Å². The van der Waals surface area contributed by atoms with Crippen LogP contribution < -0.4 is 5.56 Å². The summed E-state index contributed by atoms with van der Waals surface area (Å²) in [5.41, 5.74) is 3.68. The zero-order valence-corrected chi connectivity index (χ0v) is 13.9. The number of nitrogens with one attached hydrogen (secondary N) is 2. The molecule has 1 aliphatic carbocycles. The molecule has 0 aliphatic heterocycles. The topological polar surface area (TPSA) is 56.7 Å². The van der Waals surface area contributed by atoms with Gasteiger partial charge in [-0.15, -0.1) is 11.8 Å². The fourth-order valence-corrected chi connectivity index (χ4v) is 4.17. The van der Waals surface area contributed by atoms with Crippen molar-refractivity contribution in [1.29, 1.82) is 5.41 Å². The van der Waals surface area contributed by atoms with Crippen LogP contribution in [0.5, 0.6) is 0 Å². The summed E-state index contributed by atoms with van der Waals surface area (Å²) in [5.74, 6) is 0.312. The van der Waals surface area contributed by atoms with Crippen molar-refractivity contribution in [1.82, 2.24) is 4.98 Å². The second kappa shape index (κ2) is 6.71. The molecule has 1 aromatic heterocycles. The second-order valence-corrected chi connectivity index (χ2v) is 6.83. The maximum atomic E-state index is 14.1. The minimum atomic E-state index is -0.215. The molecule has 0 spiro atoms. The Hall–Kier alpha value is -1.88. The van der Waals surface area contributed by atoms with Gasteiger partial charge >= 0.3 is 0 Å². The molecule has 3 nitrogen and oxygen atoms in total. The molecule has 3 rings (SSSR count). The molecule has 1 heterocycles. The molecule has 5 heteroatoms. The van der Waals surface area contributed by atoms with E-state index in [-0.39, 0.29) is 11.4 Å². The summed E-state index contributed by atoms with van der Waals surface area (Å²) in [4.78, 5) is 15.1. The molecule has 1 aliphatic rings. The third kappa shape index (κ3) is 3.11. The number of hydrogen-bond acceptors (Lipinski definition) is 3. The second-order valence-electron chi connectivity index (χ2n) is 5.84. The van der Waals surface area contributed by atoms with Gasteiger partial charge in [0.15, 0.2) is 0 Å². The Labute approximate surface area is 138 Å². The van der Waals surface area contributed by atoms with Gasteiger partial charge in [0, 0.05) is 12.0 Å². The Morgan fingerprint density at radius 1 is 1.30 bits per heavy atom. The van der Waals surface area contributed by atoms with Crippen molar-refractivity contribution in [3.05, 3.63) is 62.2 Å². The number of benzene rings is 1. The first-order chi connectivity index (χ1) is 11.1. The predicted molar refractivity (Wildman–Crippen MR) is 92.3 cm³/mol. The van der Waals surface area contributed by atoms with Gasteiger partial charge in [0.2, 0.25) is 0 Å². The molecule has 0 bridgehead atoms. The first kappa shape index (κ1) is 16.0. The highest BCUT2D eigenvalue weighted by molar-refractivity contribution is 7.98. The number of aromatic amines is 1. The van der Waals surface area contributed by atoms with E-state index in [9.17, 15) is 9.18 Å². The van der Waals surface area contributed by atoms with Gasteiger partial charge in [-0.2, -0.15) is 0 Å². The van der Waals surface area contributed by atoms with Gasteiger partial charge < -0.3 is 10.4 Å². The van der Waals surface area contributed by atoms with Crippen LogP contribution in [0.2, 0.25) is 0 Å². The lowest BCUT2D eigenvalue weighted by atomic mass is 9.90. The van der Waals surface area contributed by atoms with E-state index in [4.69, 9.17) is 5.41 Å². The lowest BCUT2D eigenvalue weighted by Crippen LogP contribution is -2.21. The lowest BCUT2D eigenvalue weighted by molar-refractivity contribution is 0.608. The summed E-state index contributed by atoms with van der Waals surface area (Å²) >= 11 is 1.47. The zero-order chi connectivity index (χ0) is 16.4. The normalized spacial score (nSPS) is 13.7. The maximum Gasteiger partial charge on any atom is 0.257 e. The Bertz CT molecular complexity index is 813. The third-order valence-corrected chi connectivity index (χ3v) is 5.42. The van der Waals surface area contributed by atoms with E-state index in [2.05, 4.69) is 4.98 Å². The Kier molecular flexibility index (Phi) is 4.66. The number of aromatic nitrogens is 1. The van der Waals surface area contributed by atoms with E-state index < -0.39 is 0 Å². The van der Waals surface area contributed by atoms with Gasteiger partial charge in [0.25, 0.3) is 5.56 Å². The molecule has 0 amide bonds. The van der Waals surface area contributed by atoms with E-state index in [0.29, 0.717) is 22.4 Å². The van der Waals surface area contributed by atoms with Crippen molar-refractivity contribution in [2.45, 2.75) is 43.4 Å². The quantitative estimate of drug-likeness (QED) is 0.658. The highest BCUT2D eigenvalue weighted by Gasteiger charge is 2.20. The first-order valence-electron chi connectivity index (χ1n) is 7.77. The van der Waals surface area contributed by atoms with Crippen LogP contribution in [0.1, 0.15) is 40.7 Å². The van der Waals surface area contributed by atoms with Gasteiger partial charge in [-0.05, 0) is 54.9 Å². The van der Waals surface area contributed by atoms with Crippen LogP contribution in [0.25, 0.3) is 0 Å². The molecule has 23 heavy (non-hydrogen) atoms. The monoisotopic (exact) mass is 330 g/mol.